The van der Waals surface area contributed by atoms with E-state index in [0.717, 1.165) is 3.58 Å². The molecule has 1 unspecified atom stereocenters. The Morgan fingerprint density at radius 1 is 1.80 bits per heavy atom. The second-order valence-electron chi connectivity index (χ2n) is 2.15. The van der Waals surface area contributed by atoms with E-state index in [1.807, 2.05) is 6.08 Å². The zero-order valence-corrected chi connectivity index (χ0v) is 7.41. The maximum absolute atomic E-state index is 10.4. The van der Waals surface area contributed by atoms with E-state index >= 15 is 0 Å². The van der Waals surface area contributed by atoms with Gasteiger partial charge in [0.05, 0.1) is 5.92 Å². The molecule has 0 saturated heterocycles. The third-order valence-electron chi connectivity index (χ3n) is 1.35. The third-order valence-corrected chi connectivity index (χ3v) is 2.15. The van der Waals surface area contributed by atoms with Crippen molar-refractivity contribution in [3.05, 3.63) is 21.8 Å². The Bertz CT molecular complexity index is 206. The van der Waals surface area contributed by atoms with Gasteiger partial charge in [-0.15, -0.1) is 0 Å². The summed E-state index contributed by atoms with van der Waals surface area (Å²) in [5, 5.41) is 8.57. The highest BCUT2D eigenvalue weighted by Crippen LogP contribution is 2.23. The molecule has 10 heavy (non-hydrogen) atoms. The van der Waals surface area contributed by atoms with Crippen LogP contribution in [0.1, 0.15) is 6.42 Å². The standard InChI is InChI=1S/C7H7IO2/c8-6-3-1-2-5(4-6)7(9)10/h1-3,5H,4H2,(H,9,10). The second-order valence-corrected chi connectivity index (χ2v) is 3.53. The van der Waals surface area contributed by atoms with Crippen LogP contribution < -0.4 is 0 Å². The summed E-state index contributed by atoms with van der Waals surface area (Å²) < 4.78 is 1.10. The Morgan fingerprint density at radius 2 is 2.50 bits per heavy atom. The number of aliphatic carboxylic acids is 1. The molecule has 1 rings (SSSR count). The van der Waals surface area contributed by atoms with Gasteiger partial charge in [-0.05, 0) is 32.6 Å². The molecule has 1 atom stereocenters. The maximum Gasteiger partial charge on any atom is 0.310 e. The van der Waals surface area contributed by atoms with Gasteiger partial charge in [-0.3, -0.25) is 4.79 Å². The number of halogens is 1. The predicted octanol–water partition coefficient (Wildman–Crippen LogP) is 1.97. The largest absolute Gasteiger partial charge is 0.481 e. The van der Waals surface area contributed by atoms with E-state index in [0.29, 0.717) is 6.42 Å². The highest BCUT2D eigenvalue weighted by molar-refractivity contribution is 14.1. The molecule has 0 heterocycles. The van der Waals surface area contributed by atoms with Crippen LogP contribution >= 0.6 is 22.6 Å². The first-order valence-corrected chi connectivity index (χ1v) is 4.03. The molecule has 0 spiro atoms. The van der Waals surface area contributed by atoms with E-state index in [9.17, 15) is 4.79 Å². The molecule has 2 nitrogen and oxygen atoms in total. The van der Waals surface area contributed by atoms with E-state index in [4.69, 9.17) is 5.11 Å². The quantitative estimate of drug-likeness (QED) is 0.722. The van der Waals surface area contributed by atoms with E-state index in [1.54, 1.807) is 12.2 Å². The van der Waals surface area contributed by atoms with Gasteiger partial charge in [0, 0.05) is 0 Å². The predicted molar refractivity (Wildman–Crippen MR) is 47.0 cm³/mol. The van der Waals surface area contributed by atoms with Crippen LogP contribution in [0.4, 0.5) is 0 Å². The molecular weight excluding hydrogens is 243 g/mol. The number of hydrogen-bond donors (Lipinski definition) is 1. The normalized spacial score (nSPS) is 24.1. The van der Waals surface area contributed by atoms with Crippen molar-refractivity contribution in [1.29, 1.82) is 0 Å². The summed E-state index contributed by atoms with van der Waals surface area (Å²) in [6.07, 6.45) is 6.08. The van der Waals surface area contributed by atoms with Gasteiger partial charge < -0.3 is 5.11 Å². The molecule has 1 N–H and O–H groups in total. The number of hydrogen-bond acceptors (Lipinski definition) is 1. The molecule has 0 saturated carbocycles. The van der Waals surface area contributed by atoms with Crippen LogP contribution in [0.2, 0.25) is 0 Å². The zero-order chi connectivity index (χ0) is 7.56. The van der Waals surface area contributed by atoms with Crippen molar-refractivity contribution >= 4 is 28.6 Å². The summed E-state index contributed by atoms with van der Waals surface area (Å²) in [5.74, 6) is -1.05. The van der Waals surface area contributed by atoms with Crippen molar-refractivity contribution in [1.82, 2.24) is 0 Å². The second kappa shape index (κ2) is 3.18. The van der Waals surface area contributed by atoms with Crippen LogP contribution in [0.3, 0.4) is 0 Å². The van der Waals surface area contributed by atoms with Crippen LogP contribution in [0.15, 0.2) is 21.8 Å². The molecule has 0 amide bonds. The summed E-state index contributed by atoms with van der Waals surface area (Å²) in [6.45, 7) is 0. The van der Waals surface area contributed by atoms with E-state index in [-0.39, 0.29) is 5.92 Å². The molecule has 0 aromatic carbocycles. The maximum atomic E-state index is 10.4. The zero-order valence-electron chi connectivity index (χ0n) is 5.25. The first kappa shape index (κ1) is 7.78. The fourth-order valence-electron chi connectivity index (χ4n) is 0.810. The van der Waals surface area contributed by atoms with E-state index < -0.39 is 5.97 Å². The number of rotatable bonds is 1. The van der Waals surface area contributed by atoms with Crippen LogP contribution in [-0.2, 0) is 4.79 Å². The van der Waals surface area contributed by atoms with Crippen LogP contribution in [-0.4, -0.2) is 11.1 Å². The lowest BCUT2D eigenvalue weighted by Gasteiger charge is -2.09. The van der Waals surface area contributed by atoms with Gasteiger partial charge in [-0.2, -0.15) is 0 Å². The van der Waals surface area contributed by atoms with Crippen molar-refractivity contribution in [3.63, 3.8) is 0 Å². The Labute approximate surface area is 72.8 Å². The Hall–Kier alpha value is -0.320. The Morgan fingerprint density at radius 3 is 2.90 bits per heavy atom. The van der Waals surface area contributed by atoms with Gasteiger partial charge in [0.1, 0.15) is 0 Å². The molecule has 3 heteroatoms. The fraction of sp³-hybridized carbons (Fsp3) is 0.286. The molecule has 0 bridgehead atoms. The lowest BCUT2D eigenvalue weighted by molar-refractivity contribution is -0.139. The van der Waals surface area contributed by atoms with Gasteiger partial charge in [0.2, 0.25) is 0 Å². The lowest BCUT2D eigenvalue weighted by Crippen LogP contribution is -2.11. The van der Waals surface area contributed by atoms with Gasteiger partial charge in [0.15, 0.2) is 0 Å². The van der Waals surface area contributed by atoms with Crippen LogP contribution in [0.25, 0.3) is 0 Å². The van der Waals surface area contributed by atoms with Gasteiger partial charge in [-0.1, -0.05) is 18.2 Å². The summed E-state index contributed by atoms with van der Waals surface area (Å²) in [7, 11) is 0. The lowest BCUT2D eigenvalue weighted by atomic mass is 10.0. The summed E-state index contributed by atoms with van der Waals surface area (Å²) >= 11 is 2.15. The molecule has 1 aliphatic carbocycles. The molecular formula is C7H7IO2. The minimum absolute atomic E-state index is 0.308. The monoisotopic (exact) mass is 250 g/mol. The summed E-state index contributed by atoms with van der Waals surface area (Å²) in [6, 6.07) is 0. The molecule has 54 valence electrons. The van der Waals surface area contributed by atoms with Gasteiger partial charge in [-0.25, -0.2) is 0 Å². The Balaban J connectivity index is 2.64. The molecule has 0 aromatic heterocycles. The highest BCUT2D eigenvalue weighted by atomic mass is 127. The number of allylic oxidation sites excluding steroid dienone is 3. The fourth-order valence-corrected chi connectivity index (χ4v) is 1.49. The number of carboxylic acids is 1. The van der Waals surface area contributed by atoms with E-state index in [2.05, 4.69) is 22.6 Å². The first-order chi connectivity index (χ1) is 4.70. The van der Waals surface area contributed by atoms with E-state index in [1.165, 1.54) is 0 Å². The molecule has 0 radical (unpaired) electrons. The third kappa shape index (κ3) is 1.83. The molecule has 0 aromatic rings. The SMILES string of the molecule is O=C(O)C1C=CC=C(I)C1. The van der Waals surface area contributed by atoms with Gasteiger partial charge >= 0.3 is 5.97 Å². The van der Waals surface area contributed by atoms with Crippen molar-refractivity contribution in [2.45, 2.75) is 6.42 Å². The van der Waals surface area contributed by atoms with Crippen LogP contribution in [0, 0.1) is 5.92 Å². The minimum Gasteiger partial charge on any atom is -0.481 e. The highest BCUT2D eigenvalue weighted by Gasteiger charge is 2.16. The number of carboxylic acid groups (broad SMARTS) is 1. The Kier molecular flexibility index (Phi) is 2.48. The number of carbonyl (C=O) groups is 1. The smallest absolute Gasteiger partial charge is 0.310 e. The van der Waals surface area contributed by atoms with Crippen molar-refractivity contribution in [2.75, 3.05) is 0 Å². The van der Waals surface area contributed by atoms with Crippen LogP contribution in [0.5, 0.6) is 0 Å². The molecule has 0 fully saturated rings. The summed E-state index contributed by atoms with van der Waals surface area (Å²) in [5.41, 5.74) is 0. The first-order valence-electron chi connectivity index (χ1n) is 2.96. The van der Waals surface area contributed by atoms with Crippen molar-refractivity contribution in [2.24, 2.45) is 5.92 Å². The molecule has 0 aliphatic heterocycles. The topological polar surface area (TPSA) is 37.3 Å². The average Bonchev–Trinajstić information content (AvgIpc) is 1.88. The average molecular weight is 250 g/mol. The van der Waals surface area contributed by atoms with Crippen molar-refractivity contribution in [3.8, 4) is 0 Å². The molecule has 1 aliphatic rings. The van der Waals surface area contributed by atoms with Gasteiger partial charge in [0.25, 0.3) is 0 Å². The minimum atomic E-state index is -0.737. The summed E-state index contributed by atoms with van der Waals surface area (Å²) in [4.78, 5) is 10.4. The van der Waals surface area contributed by atoms with Crippen molar-refractivity contribution < 1.29 is 9.90 Å².